The molecule has 0 spiro atoms. The Morgan fingerprint density at radius 3 is 2.48 bits per heavy atom. The lowest BCUT2D eigenvalue weighted by atomic mass is 10.0. The van der Waals surface area contributed by atoms with Gasteiger partial charge in [-0.3, -0.25) is 4.98 Å². The van der Waals surface area contributed by atoms with E-state index in [9.17, 15) is 9.59 Å². The molecule has 25 heavy (non-hydrogen) atoms. The van der Waals surface area contributed by atoms with Gasteiger partial charge in [-0.05, 0) is 23.8 Å². The van der Waals surface area contributed by atoms with E-state index in [2.05, 4.69) is 9.72 Å². The van der Waals surface area contributed by atoms with Crippen LogP contribution in [0.3, 0.4) is 0 Å². The minimum atomic E-state index is -0.936. The highest BCUT2D eigenvalue weighted by Crippen LogP contribution is 2.22. The molecule has 126 valence electrons. The molecule has 0 unspecified atom stereocenters. The summed E-state index contributed by atoms with van der Waals surface area (Å²) in [7, 11) is 2.29. The number of pyridine rings is 1. The number of carbonyl (C=O) groups is 2. The average molecular weight is 337 g/mol. The maximum absolute atomic E-state index is 12.1. The number of para-hydroxylation sites is 1. The molecule has 0 aliphatic rings. The van der Waals surface area contributed by atoms with Crippen LogP contribution in [0.4, 0.5) is 0 Å². The number of benzene rings is 1. The van der Waals surface area contributed by atoms with Gasteiger partial charge >= 0.3 is 11.9 Å². The van der Waals surface area contributed by atoms with Gasteiger partial charge < -0.3 is 15.2 Å². The maximum atomic E-state index is 12.1. The topological polar surface area (TPSA) is 115 Å². The highest BCUT2D eigenvalue weighted by atomic mass is 16.5. The van der Waals surface area contributed by atoms with Crippen LogP contribution in [0.2, 0.25) is 0 Å². The molecule has 0 saturated heterocycles. The Bertz CT molecular complexity index is 933. The zero-order valence-corrected chi connectivity index (χ0v) is 13.6. The van der Waals surface area contributed by atoms with Gasteiger partial charge in [0.25, 0.3) is 0 Å². The highest BCUT2D eigenvalue weighted by Gasteiger charge is 2.22. The number of carbonyl (C=O) groups excluding carboxylic acids is 2. The predicted octanol–water partition coefficient (Wildman–Crippen LogP) is 1.70. The summed E-state index contributed by atoms with van der Waals surface area (Å²) in [5.41, 5.74) is 6.33. The van der Waals surface area contributed by atoms with E-state index in [1.165, 1.54) is 13.2 Å². The van der Waals surface area contributed by atoms with Crippen molar-refractivity contribution in [2.45, 2.75) is 0 Å². The number of rotatable bonds is 4. The molecule has 7 nitrogen and oxygen atoms in total. The van der Waals surface area contributed by atoms with Crippen LogP contribution < -0.4 is 5.73 Å². The Morgan fingerprint density at radius 1 is 1.16 bits per heavy atom. The molecule has 0 fully saturated rings. The third kappa shape index (κ3) is 3.64. The molecule has 0 bridgehead atoms. The Labute approximate surface area is 144 Å². The van der Waals surface area contributed by atoms with Gasteiger partial charge in [0.2, 0.25) is 0 Å². The van der Waals surface area contributed by atoms with Crippen molar-refractivity contribution < 1.29 is 19.1 Å². The Morgan fingerprint density at radius 2 is 1.84 bits per heavy atom. The summed E-state index contributed by atoms with van der Waals surface area (Å²) in [5, 5.41) is 9.94. The van der Waals surface area contributed by atoms with Crippen LogP contribution in [0, 0.1) is 11.3 Å². The zero-order chi connectivity index (χ0) is 18.4. The molecule has 2 N–H and O–H groups in total. The van der Waals surface area contributed by atoms with E-state index in [0.29, 0.717) is 5.56 Å². The van der Waals surface area contributed by atoms with E-state index >= 15 is 0 Å². The molecular formula is C18H15N3O4. The first kappa shape index (κ1) is 17.7. The molecule has 2 aromatic rings. The van der Waals surface area contributed by atoms with Crippen LogP contribution in [0.15, 0.2) is 53.4 Å². The Kier molecular flexibility index (Phi) is 5.48. The third-order valence-electron chi connectivity index (χ3n) is 3.45. The van der Waals surface area contributed by atoms with Gasteiger partial charge in [-0.15, -0.1) is 0 Å². The standard InChI is InChI=1S/C18H15N3O4/c1-24-17(22)13(16(20)14(10-19)18(23)25-2)9-11-7-8-21-15-6-4-3-5-12(11)15/h3-9H,20H2,1-2H3/b13-9-,16-14-. The van der Waals surface area contributed by atoms with Gasteiger partial charge in [0.1, 0.15) is 6.07 Å². The van der Waals surface area contributed by atoms with E-state index in [-0.39, 0.29) is 11.3 Å². The van der Waals surface area contributed by atoms with Crippen molar-refractivity contribution in [1.29, 1.82) is 5.26 Å². The van der Waals surface area contributed by atoms with Crippen molar-refractivity contribution in [2.24, 2.45) is 5.73 Å². The number of nitriles is 1. The van der Waals surface area contributed by atoms with Crippen LogP contribution in [-0.2, 0) is 19.1 Å². The Hall–Kier alpha value is -3.66. The van der Waals surface area contributed by atoms with E-state index < -0.39 is 17.5 Å². The summed E-state index contributed by atoms with van der Waals surface area (Å²) < 4.78 is 9.25. The van der Waals surface area contributed by atoms with Gasteiger partial charge in [0, 0.05) is 11.6 Å². The van der Waals surface area contributed by atoms with Crippen molar-refractivity contribution in [2.75, 3.05) is 14.2 Å². The van der Waals surface area contributed by atoms with Crippen LogP contribution >= 0.6 is 0 Å². The second-order valence-corrected chi connectivity index (χ2v) is 4.86. The van der Waals surface area contributed by atoms with Crippen molar-refractivity contribution in [3.8, 4) is 6.07 Å². The summed E-state index contributed by atoms with van der Waals surface area (Å²) in [6, 6.07) is 10.6. The smallest absolute Gasteiger partial charge is 0.350 e. The number of nitrogens with zero attached hydrogens (tertiary/aromatic N) is 2. The first-order chi connectivity index (χ1) is 12.0. The summed E-state index contributed by atoms with van der Waals surface area (Å²) in [4.78, 5) is 28.1. The monoisotopic (exact) mass is 337 g/mol. The van der Waals surface area contributed by atoms with Gasteiger partial charge in [-0.2, -0.15) is 5.26 Å². The highest BCUT2D eigenvalue weighted by molar-refractivity contribution is 6.04. The molecule has 0 amide bonds. The minimum absolute atomic E-state index is 0.124. The first-order valence-electron chi connectivity index (χ1n) is 7.15. The van der Waals surface area contributed by atoms with Gasteiger partial charge in [0.15, 0.2) is 5.57 Å². The van der Waals surface area contributed by atoms with Crippen LogP contribution in [0.25, 0.3) is 17.0 Å². The summed E-state index contributed by atoms with van der Waals surface area (Å²) in [6.07, 6.45) is 3.03. The molecule has 1 aromatic carbocycles. The molecule has 1 heterocycles. The number of aromatic nitrogens is 1. The lowest BCUT2D eigenvalue weighted by molar-refractivity contribution is -0.135. The normalized spacial score (nSPS) is 12.1. The second kappa shape index (κ2) is 7.75. The molecule has 1 aromatic heterocycles. The minimum Gasteiger partial charge on any atom is -0.465 e. The van der Waals surface area contributed by atoms with Crippen molar-refractivity contribution in [3.63, 3.8) is 0 Å². The summed E-state index contributed by atoms with van der Waals surface area (Å²) >= 11 is 0. The number of methoxy groups -OCH3 is 2. The molecule has 2 rings (SSSR count). The lowest BCUT2D eigenvalue weighted by Crippen LogP contribution is -2.18. The SMILES string of the molecule is COC(=O)C(=C\c1ccnc2ccccc12)/C(N)=C(\C#N)C(=O)OC. The van der Waals surface area contributed by atoms with Gasteiger partial charge in [-0.25, -0.2) is 9.59 Å². The molecule has 7 heteroatoms. The number of ether oxygens (including phenoxy) is 2. The van der Waals surface area contributed by atoms with E-state index in [1.54, 1.807) is 18.3 Å². The quantitative estimate of drug-likeness (QED) is 0.391. The Balaban J connectivity index is 2.72. The lowest BCUT2D eigenvalue weighted by Gasteiger charge is -2.09. The summed E-state index contributed by atoms with van der Waals surface area (Å²) in [6.45, 7) is 0. The van der Waals surface area contributed by atoms with Crippen LogP contribution in [0.1, 0.15) is 5.56 Å². The molecular weight excluding hydrogens is 322 g/mol. The van der Waals surface area contributed by atoms with Gasteiger partial charge in [0.05, 0.1) is 31.0 Å². The summed E-state index contributed by atoms with van der Waals surface area (Å²) in [5.74, 6) is -1.72. The number of fused-ring (bicyclic) bond motifs is 1. The third-order valence-corrected chi connectivity index (χ3v) is 3.45. The molecule has 0 aliphatic carbocycles. The first-order valence-corrected chi connectivity index (χ1v) is 7.15. The maximum Gasteiger partial charge on any atom is 0.350 e. The average Bonchev–Trinajstić information content (AvgIpc) is 2.65. The fraction of sp³-hybridized carbons (Fsp3) is 0.111. The number of hydrogen-bond acceptors (Lipinski definition) is 7. The van der Waals surface area contributed by atoms with E-state index in [0.717, 1.165) is 18.0 Å². The van der Waals surface area contributed by atoms with Crippen LogP contribution in [-0.4, -0.2) is 31.1 Å². The second-order valence-electron chi connectivity index (χ2n) is 4.86. The van der Waals surface area contributed by atoms with Crippen molar-refractivity contribution >= 4 is 28.9 Å². The zero-order valence-electron chi connectivity index (χ0n) is 13.6. The van der Waals surface area contributed by atoms with Gasteiger partial charge in [-0.1, -0.05) is 18.2 Å². The fourth-order valence-corrected chi connectivity index (χ4v) is 2.21. The number of nitrogens with two attached hydrogens (primary N) is 1. The van der Waals surface area contributed by atoms with Crippen LogP contribution in [0.5, 0.6) is 0 Å². The fourth-order valence-electron chi connectivity index (χ4n) is 2.21. The number of hydrogen-bond donors (Lipinski definition) is 1. The molecule has 0 radical (unpaired) electrons. The molecule has 0 atom stereocenters. The van der Waals surface area contributed by atoms with E-state index in [4.69, 9.17) is 15.7 Å². The van der Waals surface area contributed by atoms with E-state index in [1.807, 2.05) is 24.3 Å². The molecule has 0 aliphatic heterocycles. The molecule has 0 saturated carbocycles. The number of esters is 2. The van der Waals surface area contributed by atoms with Crippen molar-refractivity contribution in [1.82, 2.24) is 4.98 Å². The van der Waals surface area contributed by atoms with Crippen molar-refractivity contribution in [3.05, 3.63) is 58.9 Å². The largest absolute Gasteiger partial charge is 0.465 e. The predicted molar refractivity (Wildman–Crippen MR) is 90.6 cm³/mol.